The molecular weight excluding hydrogens is 240 g/mol. The van der Waals surface area contributed by atoms with E-state index in [9.17, 15) is 9.59 Å². The van der Waals surface area contributed by atoms with Gasteiger partial charge in [0.05, 0.1) is 0 Å². The molecule has 0 aliphatic carbocycles. The molecule has 1 atom stereocenters. The van der Waals surface area contributed by atoms with Crippen molar-refractivity contribution in [3.8, 4) is 0 Å². The molecule has 0 radical (unpaired) electrons. The van der Waals surface area contributed by atoms with Gasteiger partial charge in [0.1, 0.15) is 5.54 Å². The predicted molar refractivity (Wildman–Crippen MR) is 73.6 cm³/mol. The van der Waals surface area contributed by atoms with Crippen LogP contribution in [0.5, 0.6) is 0 Å². The van der Waals surface area contributed by atoms with E-state index in [0.29, 0.717) is 18.8 Å². The van der Waals surface area contributed by atoms with Gasteiger partial charge in [-0.1, -0.05) is 44.2 Å². The lowest BCUT2D eigenvalue weighted by Crippen LogP contribution is -2.48. The second-order valence-corrected chi connectivity index (χ2v) is 5.57. The Labute approximate surface area is 113 Å². The van der Waals surface area contributed by atoms with Crippen molar-refractivity contribution in [1.29, 1.82) is 0 Å². The summed E-state index contributed by atoms with van der Waals surface area (Å²) in [6, 6.07) is 9.64. The molecule has 1 heterocycles. The minimum Gasteiger partial charge on any atom is -0.323 e. The Morgan fingerprint density at radius 2 is 1.84 bits per heavy atom. The lowest BCUT2D eigenvalue weighted by molar-refractivity contribution is -0.124. The van der Waals surface area contributed by atoms with E-state index in [4.69, 9.17) is 0 Å². The van der Waals surface area contributed by atoms with Crippen molar-refractivity contribution in [3.05, 3.63) is 35.9 Å². The SMILES string of the molecule is CC(C)C[C@@]1(CCc2ccccc2)NC(=O)NC1=O. The van der Waals surface area contributed by atoms with Gasteiger partial charge in [-0.05, 0) is 30.7 Å². The summed E-state index contributed by atoms with van der Waals surface area (Å²) < 4.78 is 0. The minimum atomic E-state index is -0.749. The third kappa shape index (κ3) is 3.13. The fourth-order valence-electron chi connectivity index (χ4n) is 2.65. The lowest BCUT2D eigenvalue weighted by Gasteiger charge is -2.27. The molecule has 1 aliphatic rings. The van der Waals surface area contributed by atoms with Gasteiger partial charge in [-0.2, -0.15) is 0 Å². The molecule has 19 heavy (non-hydrogen) atoms. The molecule has 102 valence electrons. The van der Waals surface area contributed by atoms with Crippen LogP contribution in [0.15, 0.2) is 30.3 Å². The van der Waals surface area contributed by atoms with Gasteiger partial charge in [-0.25, -0.2) is 4.79 Å². The monoisotopic (exact) mass is 260 g/mol. The third-order valence-electron chi connectivity index (χ3n) is 3.45. The molecule has 0 bridgehead atoms. The van der Waals surface area contributed by atoms with Crippen molar-refractivity contribution in [2.75, 3.05) is 0 Å². The van der Waals surface area contributed by atoms with Crippen LogP contribution in [0.1, 0.15) is 32.3 Å². The van der Waals surface area contributed by atoms with Crippen molar-refractivity contribution in [2.24, 2.45) is 5.92 Å². The van der Waals surface area contributed by atoms with Crippen molar-refractivity contribution in [2.45, 2.75) is 38.6 Å². The maximum atomic E-state index is 12.1. The molecule has 0 unspecified atom stereocenters. The molecular formula is C15H20N2O2. The summed E-state index contributed by atoms with van der Waals surface area (Å²) >= 11 is 0. The first kappa shape index (κ1) is 13.6. The molecule has 0 saturated carbocycles. The Morgan fingerprint density at radius 3 is 2.37 bits per heavy atom. The number of carbonyl (C=O) groups excluding carboxylic acids is 2. The van der Waals surface area contributed by atoms with Gasteiger partial charge in [0.25, 0.3) is 5.91 Å². The average molecular weight is 260 g/mol. The Morgan fingerprint density at radius 1 is 1.16 bits per heavy atom. The van der Waals surface area contributed by atoms with Crippen LogP contribution in [0.3, 0.4) is 0 Å². The summed E-state index contributed by atoms with van der Waals surface area (Å²) in [7, 11) is 0. The van der Waals surface area contributed by atoms with Crippen molar-refractivity contribution < 1.29 is 9.59 Å². The zero-order valence-corrected chi connectivity index (χ0v) is 11.4. The fourth-order valence-corrected chi connectivity index (χ4v) is 2.65. The van der Waals surface area contributed by atoms with Crippen LogP contribution in [0.4, 0.5) is 4.79 Å². The highest BCUT2D eigenvalue weighted by Gasteiger charge is 2.45. The Bertz CT molecular complexity index is 470. The summed E-state index contributed by atoms with van der Waals surface area (Å²) in [5.74, 6) is 0.155. The molecule has 0 aromatic heterocycles. The van der Waals surface area contributed by atoms with E-state index in [-0.39, 0.29) is 11.9 Å². The van der Waals surface area contributed by atoms with Crippen LogP contribution < -0.4 is 10.6 Å². The highest BCUT2D eigenvalue weighted by Crippen LogP contribution is 2.26. The predicted octanol–water partition coefficient (Wildman–Crippen LogP) is 2.24. The Hall–Kier alpha value is -1.84. The molecule has 0 spiro atoms. The van der Waals surface area contributed by atoms with Crippen LogP contribution in [-0.4, -0.2) is 17.5 Å². The van der Waals surface area contributed by atoms with E-state index >= 15 is 0 Å². The summed E-state index contributed by atoms with van der Waals surface area (Å²) in [6.45, 7) is 4.12. The van der Waals surface area contributed by atoms with Crippen LogP contribution in [0.2, 0.25) is 0 Å². The normalized spacial score (nSPS) is 22.5. The van der Waals surface area contributed by atoms with E-state index in [0.717, 1.165) is 6.42 Å². The second-order valence-electron chi connectivity index (χ2n) is 5.57. The van der Waals surface area contributed by atoms with Gasteiger partial charge in [0.15, 0.2) is 0 Å². The van der Waals surface area contributed by atoms with Gasteiger partial charge < -0.3 is 5.32 Å². The second kappa shape index (κ2) is 5.43. The molecule has 2 rings (SSSR count). The van der Waals surface area contributed by atoms with E-state index in [1.54, 1.807) is 0 Å². The molecule has 1 aromatic rings. The summed E-state index contributed by atoms with van der Waals surface area (Å²) in [6.07, 6.45) is 2.07. The maximum Gasteiger partial charge on any atom is 0.322 e. The smallest absolute Gasteiger partial charge is 0.322 e. The number of hydrogen-bond acceptors (Lipinski definition) is 2. The van der Waals surface area contributed by atoms with E-state index in [2.05, 4.69) is 24.5 Å². The van der Waals surface area contributed by atoms with Gasteiger partial charge in [-0.3, -0.25) is 10.1 Å². The molecule has 1 fully saturated rings. The van der Waals surface area contributed by atoms with E-state index in [1.165, 1.54) is 5.56 Å². The number of urea groups is 1. The molecule has 3 amide bonds. The number of imide groups is 1. The van der Waals surface area contributed by atoms with Crippen LogP contribution >= 0.6 is 0 Å². The molecule has 2 N–H and O–H groups in total. The molecule has 4 nitrogen and oxygen atoms in total. The topological polar surface area (TPSA) is 58.2 Å². The van der Waals surface area contributed by atoms with Gasteiger partial charge in [0, 0.05) is 0 Å². The Kier molecular flexibility index (Phi) is 3.88. The number of carbonyl (C=O) groups is 2. The maximum absolute atomic E-state index is 12.1. The Balaban J connectivity index is 2.11. The van der Waals surface area contributed by atoms with Crippen molar-refractivity contribution in [3.63, 3.8) is 0 Å². The minimum absolute atomic E-state index is 0.192. The van der Waals surface area contributed by atoms with Gasteiger partial charge >= 0.3 is 6.03 Å². The first-order valence-electron chi connectivity index (χ1n) is 6.69. The quantitative estimate of drug-likeness (QED) is 0.798. The van der Waals surface area contributed by atoms with Crippen LogP contribution in [0.25, 0.3) is 0 Å². The third-order valence-corrected chi connectivity index (χ3v) is 3.45. The van der Waals surface area contributed by atoms with Crippen molar-refractivity contribution in [1.82, 2.24) is 10.6 Å². The van der Waals surface area contributed by atoms with Gasteiger partial charge in [0.2, 0.25) is 0 Å². The number of nitrogens with one attached hydrogen (secondary N) is 2. The summed E-state index contributed by atoms with van der Waals surface area (Å²) in [5.41, 5.74) is 0.431. The standard InChI is InChI=1S/C15H20N2O2/c1-11(2)10-15(13(18)16-14(19)17-15)9-8-12-6-4-3-5-7-12/h3-7,11H,8-10H2,1-2H3,(H2,16,17,18,19)/t15-/m1/s1. The largest absolute Gasteiger partial charge is 0.323 e. The lowest BCUT2D eigenvalue weighted by atomic mass is 9.84. The molecule has 1 aromatic carbocycles. The first-order chi connectivity index (χ1) is 9.02. The van der Waals surface area contributed by atoms with Crippen molar-refractivity contribution >= 4 is 11.9 Å². The summed E-state index contributed by atoms with van der Waals surface area (Å²) in [4.78, 5) is 23.5. The van der Waals surface area contributed by atoms with Crippen LogP contribution in [0, 0.1) is 5.92 Å². The molecule has 1 aliphatic heterocycles. The van der Waals surface area contributed by atoms with E-state index in [1.807, 2.05) is 30.3 Å². The molecule has 4 heteroatoms. The van der Waals surface area contributed by atoms with Crippen LogP contribution in [-0.2, 0) is 11.2 Å². The average Bonchev–Trinajstić information content (AvgIpc) is 2.62. The summed E-state index contributed by atoms with van der Waals surface area (Å²) in [5, 5.41) is 5.18. The number of aryl methyl sites for hydroxylation is 1. The fraction of sp³-hybridized carbons (Fsp3) is 0.467. The van der Waals surface area contributed by atoms with Gasteiger partial charge in [-0.15, -0.1) is 0 Å². The number of hydrogen-bond donors (Lipinski definition) is 2. The van der Waals surface area contributed by atoms with E-state index < -0.39 is 5.54 Å². The molecule has 1 saturated heterocycles. The first-order valence-corrected chi connectivity index (χ1v) is 6.69. The zero-order chi connectivity index (χ0) is 13.9. The number of rotatable bonds is 5. The number of benzene rings is 1. The number of amides is 3. The zero-order valence-electron chi connectivity index (χ0n) is 11.4. The highest BCUT2D eigenvalue weighted by atomic mass is 16.2. The highest BCUT2D eigenvalue weighted by molar-refractivity contribution is 6.07.